The van der Waals surface area contributed by atoms with Crippen molar-refractivity contribution in [3.63, 3.8) is 0 Å². The third kappa shape index (κ3) is 3.54. The fraction of sp³-hybridized carbons (Fsp3) is 0.364. The molecule has 0 radical (unpaired) electrons. The summed E-state index contributed by atoms with van der Waals surface area (Å²) in [5.41, 5.74) is 4.29. The van der Waals surface area contributed by atoms with E-state index >= 15 is 0 Å². The molecule has 0 bridgehead atoms. The normalized spacial score (nSPS) is 18.0. The number of fused-ring (bicyclic) bond motifs is 1. The van der Waals surface area contributed by atoms with Crippen molar-refractivity contribution in [2.75, 3.05) is 13.7 Å². The fourth-order valence-electron chi connectivity index (χ4n) is 3.61. The molecule has 2 aromatic rings. The van der Waals surface area contributed by atoms with Gasteiger partial charge in [-0.2, -0.15) is 0 Å². The van der Waals surface area contributed by atoms with E-state index in [2.05, 4.69) is 23.8 Å². The lowest BCUT2D eigenvalue weighted by Crippen LogP contribution is -2.27. The van der Waals surface area contributed by atoms with Crippen molar-refractivity contribution in [3.8, 4) is 16.9 Å². The highest BCUT2D eigenvalue weighted by molar-refractivity contribution is 5.94. The smallest absolute Gasteiger partial charge is 0.258 e. The summed E-state index contributed by atoms with van der Waals surface area (Å²) >= 11 is 0. The number of nitrogens with one attached hydrogen (secondary N) is 1. The number of rotatable bonds is 4. The summed E-state index contributed by atoms with van der Waals surface area (Å²) in [7, 11) is 1.63. The average molecular weight is 365 g/mol. The number of benzene rings is 1. The second kappa shape index (κ2) is 7.82. The summed E-state index contributed by atoms with van der Waals surface area (Å²) in [6.07, 6.45) is 0.752. The summed E-state index contributed by atoms with van der Waals surface area (Å²) in [6.45, 7) is 11.7. The summed E-state index contributed by atoms with van der Waals surface area (Å²) in [5.74, 6) is 1.85. The third-order valence-electron chi connectivity index (χ3n) is 5.00. The lowest BCUT2D eigenvalue weighted by atomic mass is 9.98. The molecule has 1 aliphatic rings. The molecule has 0 saturated carbocycles. The second-order valence-electron chi connectivity index (χ2n) is 6.77. The van der Waals surface area contributed by atoms with Gasteiger partial charge in [-0.05, 0) is 44.0 Å². The Morgan fingerprint density at radius 1 is 1.30 bits per heavy atom. The van der Waals surface area contributed by atoms with Crippen LogP contribution >= 0.6 is 0 Å². The largest absolute Gasteiger partial charge is 0.497 e. The van der Waals surface area contributed by atoms with Crippen molar-refractivity contribution in [2.45, 2.75) is 33.7 Å². The molecule has 0 fully saturated rings. The number of nitrogens with zero attached hydrogens (tertiary/aromatic N) is 2. The van der Waals surface area contributed by atoms with Crippen LogP contribution in [0.5, 0.6) is 5.75 Å². The van der Waals surface area contributed by atoms with E-state index in [-0.39, 0.29) is 11.5 Å². The number of ether oxygens (including phenoxy) is 1. The molecule has 1 atom stereocenters. The van der Waals surface area contributed by atoms with Crippen LogP contribution in [-0.4, -0.2) is 24.1 Å². The van der Waals surface area contributed by atoms with E-state index in [4.69, 9.17) is 4.74 Å². The number of pyridine rings is 1. The van der Waals surface area contributed by atoms with Gasteiger partial charge in [-0.3, -0.25) is 9.79 Å². The van der Waals surface area contributed by atoms with Gasteiger partial charge in [0.05, 0.1) is 7.11 Å². The van der Waals surface area contributed by atoms with E-state index in [9.17, 15) is 4.79 Å². The Bertz CT molecular complexity index is 957. The first-order chi connectivity index (χ1) is 13.0. The molecule has 27 heavy (non-hydrogen) atoms. The topological polar surface area (TPSA) is 55.6 Å². The summed E-state index contributed by atoms with van der Waals surface area (Å²) in [5, 5.41) is 3.37. The number of aromatic nitrogens is 1. The lowest BCUT2D eigenvalue weighted by Gasteiger charge is -2.18. The van der Waals surface area contributed by atoms with Crippen LogP contribution in [0.1, 0.15) is 32.0 Å². The third-order valence-corrected chi connectivity index (χ3v) is 5.00. The van der Waals surface area contributed by atoms with Gasteiger partial charge in [-0.25, -0.2) is 0 Å². The van der Waals surface area contributed by atoms with E-state index < -0.39 is 0 Å². The van der Waals surface area contributed by atoms with E-state index in [1.807, 2.05) is 48.7 Å². The molecule has 5 heteroatoms. The monoisotopic (exact) mass is 365 g/mol. The van der Waals surface area contributed by atoms with Gasteiger partial charge in [0.2, 0.25) is 0 Å². The molecule has 0 amide bonds. The van der Waals surface area contributed by atoms with Gasteiger partial charge in [0, 0.05) is 41.5 Å². The van der Waals surface area contributed by atoms with Crippen LogP contribution in [0, 0.1) is 5.92 Å². The second-order valence-corrected chi connectivity index (χ2v) is 6.77. The Kier molecular flexibility index (Phi) is 5.49. The highest BCUT2D eigenvalue weighted by atomic mass is 16.5. The van der Waals surface area contributed by atoms with Crippen LogP contribution in [0.3, 0.4) is 0 Å². The lowest BCUT2D eigenvalue weighted by molar-refractivity contribution is 0.415. The molecule has 3 rings (SSSR count). The minimum atomic E-state index is 0.0142. The van der Waals surface area contributed by atoms with Gasteiger partial charge in [0.1, 0.15) is 11.6 Å². The number of methoxy groups -OCH3 is 1. The Morgan fingerprint density at radius 3 is 2.74 bits per heavy atom. The van der Waals surface area contributed by atoms with Gasteiger partial charge in [-0.1, -0.05) is 25.6 Å². The molecule has 1 unspecified atom stereocenters. The maximum absolute atomic E-state index is 13.2. The first-order valence-corrected chi connectivity index (χ1v) is 9.41. The zero-order valence-corrected chi connectivity index (χ0v) is 16.5. The summed E-state index contributed by atoms with van der Waals surface area (Å²) < 4.78 is 7.19. The minimum absolute atomic E-state index is 0.0142. The molecular weight excluding hydrogens is 338 g/mol. The average Bonchev–Trinajstić information content (AvgIpc) is 2.78. The first-order valence-electron chi connectivity index (χ1n) is 9.41. The molecule has 0 spiro atoms. The zero-order chi connectivity index (χ0) is 19.6. The molecule has 1 aliphatic heterocycles. The quantitative estimate of drug-likeness (QED) is 0.898. The fourth-order valence-corrected chi connectivity index (χ4v) is 3.61. The number of hydrogen-bond donors (Lipinski definition) is 1. The minimum Gasteiger partial charge on any atom is -0.497 e. The Morgan fingerprint density at radius 2 is 2.07 bits per heavy atom. The van der Waals surface area contributed by atoms with Crippen LogP contribution in [-0.2, 0) is 13.0 Å². The van der Waals surface area contributed by atoms with Crippen molar-refractivity contribution in [1.29, 1.82) is 0 Å². The molecule has 0 aliphatic carbocycles. The van der Waals surface area contributed by atoms with Gasteiger partial charge in [-0.15, -0.1) is 0 Å². The van der Waals surface area contributed by atoms with Crippen molar-refractivity contribution in [3.05, 3.63) is 58.5 Å². The predicted molar refractivity (Wildman–Crippen MR) is 111 cm³/mol. The number of hydrogen-bond acceptors (Lipinski definition) is 3. The number of amidine groups is 1. The van der Waals surface area contributed by atoms with Gasteiger partial charge >= 0.3 is 0 Å². The van der Waals surface area contributed by atoms with Crippen LogP contribution in [0.15, 0.2) is 46.7 Å². The molecular formula is C22H27N3O2. The maximum Gasteiger partial charge on any atom is 0.258 e. The molecule has 0 saturated heterocycles. The van der Waals surface area contributed by atoms with Gasteiger partial charge in [0.25, 0.3) is 5.56 Å². The molecule has 1 aromatic carbocycles. The predicted octanol–water partition coefficient (Wildman–Crippen LogP) is 3.71. The summed E-state index contributed by atoms with van der Waals surface area (Å²) in [4.78, 5) is 17.8. The summed E-state index contributed by atoms with van der Waals surface area (Å²) in [6, 6.07) is 9.56. The molecule has 5 nitrogen and oxygen atoms in total. The van der Waals surface area contributed by atoms with Gasteiger partial charge < -0.3 is 14.6 Å². The highest BCUT2D eigenvalue weighted by Crippen LogP contribution is 2.28. The van der Waals surface area contributed by atoms with E-state index in [1.54, 1.807) is 7.11 Å². The van der Waals surface area contributed by atoms with E-state index in [1.165, 1.54) is 0 Å². The van der Waals surface area contributed by atoms with Crippen molar-refractivity contribution >= 4 is 11.5 Å². The zero-order valence-electron chi connectivity index (χ0n) is 16.5. The van der Waals surface area contributed by atoms with Crippen molar-refractivity contribution in [2.24, 2.45) is 10.9 Å². The van der Waals surface area contributed by atoms with Crippen molar-refractivity contribution in [1.82, 2.24) is 9.88 Å². The standard InChI is InChI=1S/C22H27N3O2/c1-6-23-21-14(3)11-20-18(15(4)24-21)13-19(22(26)25(20)7-2)16-9-8-10-17(12-16)27-5/h8-10,12-14H,4,6-7,11H2,1-3,5H3,(H,23,24). The van der Waals surface area contributed by atoms with Gasteiger partial charge in [0.15, 0.2) is 0 Å². The van der Waals surface area contributed by atoms with E-state index in [0.29, 0.717) is 18.7 Å². The van der Waals surface area contributed by atoms with Crippen LogP contribution in [0.25, 0.3) is 16.8 Å². The molecule has 1 aromatic heterocycles. The van der Waals surface area contributed by atoms with Crippen molar-refractivity contribution < 1.29 is 4.74 Å². The van der Waals surface area contributed by atoms with Crippen LogP contribution in [0.4, 0.5) is 0 Å². The molecule has 1 N–H and O–H groups in total. The first kappa shape index (κ1) is 19.0. The molecule has 142 valence electrons. The van der Waals surface area contributed by atoms with E-state index in [0.717, 1.165) is 40.5 Å². The Hall–Kier alpha value is -2.82. The Balaban J connectivity index is 2.22. The molecule has 2 heterocycles. The number of aliphatic imine (C=N–C) groups is 1. The SMILES string of the molecule is C=C1NC(=NCC)C(C)Cc2c1cc(-c1cccc(OC)c1)c(=O)n2CC. The highest BCUT2D eigenvalue weighted by Gasteiger charge is 2.25. The maximum atomic E-state index is 13.2. The van der Waals surface area contributed by atoms with Crippen LogP contribution in [0.2, 0.25) is 0 Å². The Labute approximate surface area is 160 Å². The van der Waals surface area contributed by atoms with Crippen LogP contribution < -0.4 is 15.6 Å².